The van der Waals surface area contributed by atoms with E-state index >= 15 is 0 Å². The van der Waals surface area contributed by atoms with E-state index < -0.39 is 24.7 Å². The lowest BCUT2D eigenvalue weighted by atomic mass is 9.95. The second-order valence-corrected chi connectivity index (χ2v) is 5.54. The van der Waals surface area contributed by atoms with Gasteiger partial charge in [0.15, 0.2) is 0 Å². The summed E-state index contributed by atoms with van der Waals surface area (Å²) in [5.41, 5.74) is 0.576. The lowest BCUT2D eigenvalue weighted by Crippen LogP contribution is -2.45. The van der Waals surface area contributed by atoms with Gasteiger partial charge in [-0.25, -0.2) is 9.59 Å². The molecule has 0 saturated heterocycles. The first-order valence-electron chi connectivity index (χ1n) is 6.44. The Balaban J connectivity index is 2.57. The number of alkyl halides is 2. The average Bonchev–Trinajstić information content (AvgIpc) is 2.47. The zero-order valence-corrected chi connectivity index (χ0v) is 13.7. The number of rotatable bonds is 4. The van der Waals surface area contributed by atoms with Gasteiger partial charge in [0.2, 0.25) is 0 Å². The van der Waals surface area contributed by atoms with E-state index in [1.807, 2.05) is 0 Å². The smallest absolute Gasteiger partial charge is 0.387 e. The number of carbonyl (C=O) groups excluding carboxylic acids is 2. The fourth-order valence-electron chi connectivity index (χ4n) is 2.26. The Morgan fingerprint density at radius 1 is 1.39 bits per heavy atom. The van der Waals surface area contributed by atoms with Gasteiger partial charge in [0.25, 0.3) is 0 Å². The lowest BCUT2D eigenvalue weighted by Gasteiger charge is -2.29. The number of amides is 2. The monoisotopic (exact) mass is 390 g/mol. The Morgan fingerprint density at radius 2 is 2.09 bits per heavy atom. The normalized spacial score (nSPS) is 17.7. The number of benzene rings is 1. The van der Waals surface area contributed by atoms with Crippen molar-refractivity contribution in [3.8, 4) is 5.75 Å². The van der Waals surface area contributed by atoms with Crippen molar-refractivity contribution in [3.63, 3.8) is 0 Å². The number of allylic oxidation sites excluding steroid dienone is 1. The Bertz CT molecular complexity index is 679. The van der Waals surface area contributed by atoms with Crippen LogP contribution in [0.3, 0.4) is 0 Å². The minimum Gasteiger partial charge on any atom is -0.466 e. The lowest BCUT2D eigenvalue weighted by molar-refractivity contribution is -0.136. The molecule has 2 amide bonds. The number of halogens is 3. The maximum Gasteiger partial charge on any atom is 0.387 e. The van der Waals surface area contributed by atoms with Crippen molar-refractivity contribution in [1.82, 2.24) is 10.6 Å². The number of urea groups is 1. The second-order valence-electron chi connectivity index (χ2n) is 4.62. The molecule has 1 atom stereocenters. The summed E-state index contributed by atoms with van der Waals surface area (Å²) in [7, 11) is 1.19. The Morgan fingerprint density at radius 3 is 2.70 bits per heavy atom. The Hall–Kier alpha value is -2.16. The van der Waals surface area contributed by atoms with E-state index in [-0.39, 0.29) is 22.6 Å². The zero-order valence-electron chi connectivity index (χ0n) is 12.2. The van der Waals surface area contributed by atoms with E-state index in [4.69, 9.17) is 4.74 Å². The molecule has 9 heteroatoms. The first-order valence-corrected chi connectivity index (χ1v) is 7.23. The van der Waals surface area contributed by atoms with Gasteiger partial charge >= 0.3 is 18.6 Å². The molecule has 1 aliphatic rings. The highest BCUT2D eigenvalue weighted by atomic mass is 79.9. The van der Waals surface area contributed by atoms with E-state index in [0.717, 1.165) is 0 Å². The standard InChI is InChI=1S/C14H13BrF2N2O4/c1-6-10(12(20)22-2)11(19-14(21)18-6)8-5-7(15)3-4-9(8)23-13(16)17/h3-5,11,13H,1-2H3,(H2,18,19,21). The van der Waals surface area contributed by atoms with Gasteiger partial charge in [0.05, 0.1) is 18.7 Å². The van der Waals surface area contributed by atoms with Gasteiger partial charge in [-0.15, -0.1) is 0 Å². The first-order chi connectivity index (χ1) is 10.8. The summed E-state index contributed by atoms with van der Waals surface area (Å²) in [6.45, 7) is -1.53. The van der Waals surface area contributed by atoms with Crippen molar-refractivity contribution in [1.29, 1.82) is 0 Å². The van der Waals surface area contributed by atoms with Crippen LogP contribution >= 0.6 is 15.9 Å². The SMILES string of the molecule is COC(=O)C1=C(C)NC(=O)NC1c1cc(Br)ccc1OC(F)F. The molecule has 0 bridgehead atoms. The number of hydrogen-bond donors (Lipinski definition) is 2. The molecule has 0 spiro atoms. The second kappa shape index (κ2) is 6.95. The van der Waals surface area contributed by atoms with Gasteiger partial charge in [-0.1, -0.05) is 15.9 Å². The van der Waals surface area contributed by atoms with Crippen molar-refractivity contribution >= 4 is 27.9 Å². The van der Waals surface area contributed by atoms with Crippen LogP contribution in [-0.4, -0.2) is 25.7 Å². The molecule has 6 nitrogen and oxygen atoms in total. The highest BCUT2D eigenvalue weighted by Gasteiger charge is 2.34. The molecule has 0 radical (unpaired) electrons. The molecule has 1 aromatic rings. The maximum atomic E-state index is 12.6. The van der Waals surface area contributed by atoms with E-state index in [1.54, 1.807) is 0 Å². The summed E-state index contributed by atoms with van der Waals surface area (Å²) in [5, 5.41) is 4.96. The minimum absolute atomic E-state index is 0.101. The Kier molecular flexibility index (Phi) is 5.19. The molecule has 1 aliphatic heterocycles. The van der Waals surface area contributed by atoms with E-state index in [9.17, 15) is 18.4 Å². The van der Waals surface area contributed by atoms with Gasteiger partial charge < -0.3 is 20.1 Å². The number of methoxy groups -OCH3 is 1. The molecule has 2 rings (SSSR count). The van der Waals surface area contributed by atoms with Crippen molar-refractivity contribution in [2.45, 2.75) is 19.6 Å². The van der Waals surface area contributed by atoms with Crippen LogP contribution in [0.1, 0.15) is 18.5 Å². The summed E-state index contributed by atoms with van der Waals surface area (Å²) in [6, 6.07) is 2.78. The van der Waals surface area contributed by atoms with Gasteiger partial charge in [-0.2, -0.15) is 8.78 Å². The third-order valence-corrected chi connectivity index (χ3v) is 3.67. The highest BCUT2D eigenvalue weighted by molar-refractivity contribution is 9.10. The number of carbonyl (C=O) groups is 2. The predicted octanol–water partition coefficient (Wildman–Crippen LogP) is 2.85. The van der Waals surface area contributed by atoms with Gasteiger partial charge in [0, 0.05) is 15.7 Å². The van der Waals surface area contributed by atoms with Crippen LogP contribution in [0.15, 0.2) is 33.9 Å². The summed E-state index contributed by atoms with van der Waals surface area (Å²) < 4.78 is 35.0. The van der Waals surface area contributed by atoms with Crippen LogP contribution in [0.5, 0.6) is 5.75 Å². The van der Waals surface area contributed by atoms with E-state index in [2.05, 4.69) is 31.3 Å². The third-order valence-electron chi connectivity index (χ3n) is 3.17. The number of esters is 1. The number of nitrogens with one attached hydrogen (secondary N) is 2. The predicted molar refractivity (Wildman–Crippen MR) is 79.9 cm³/mol. The number of hydrogen-bond acceptors (Lipinski definition) is 4. The number of ether oxygens (including phenoxy) is 2. The summed E-state index contributed by atoms with van der Waals surface area (Å²) in [4.78, 5) is 23.7. The van der Waals surface area contributed by atoms with Crippen molar-refractivity contribution in [2.24, 2.45) is 0 Å². The van der Waals surface area contributed by atoms with Crippen LogP contribution < -0.4 is 15.4 Å². The molecule has 23 heavy (non-hydrogen) atoms. The zero-order chi connectivity index (χ0) is 17.1. The highest BCUT2D eigenvalue weighted by Crippen LogP contribution is 2.36. The quantitative estimate of drug-likeness (QED) is 0.775. The van der Waals surface area contributed by atoms with Crippen LogP contribution in [0.25, 0.3) is 0 Å². The third kappa shape index (κ3) is 3.79. The van der Waals surface area contributed by atoms with E-state index in [1.165, 1.54) is 32.2 Å². The van der Waals surface area contributed by atoms with Gasteiger partial charge in [-0.05, 0) is 25.1 Å². The van der Waals surface area contributed by atoms with Crippen LogP contribution in [0.4, 0.5) is 13.6 Å². The Labute approximate surface area is 139 Å². The topological polar surface area (TPSA) is 76.7 Å². The summed E-state index contributed by atoms with van der Waals surface area (Å²) >= 11 is 3.23. The van der Waals surface area contributed by atoms with E-state index in [0.29, 0.717) is 4.47 Å². The fourth-order valence-corrected chi connectivity index (χ4v) is 2.63. The van der Waals surface area contributed by atoms with Crippen molar-refractivity contribution in [3.05, 3.63) is 39.5 Å². The van der Waals surface area contributed by atoms with Crippen molar-refractivity contribution in [2.75, 3.05) is 7.11 Å². The summed E-state index contributed by atoms with van der Waals surface area (Å²) in [6.07, 6.45) is 0. The molecule has 124 valence electrons. The molecule has 2 N–H and O–H groups in total. The average molecular weight is 391 g/mol. The van der Waals surface area contributed by atoms with Crippen molar-refractivity contribution < 1.29 is 27.8 Å². The van der Waals surface area contributed by atoms with Gasteiger partial charge in [0.1, 0.15) is 5.75 Å². The molecule has 1 heterocycles. The maximum absolute atomic E-state index is 12.6. The van der Waals surface area contributed by atoms with Crippen LogP contribution in [-0.2, 0) is 9.53 Å². The molecule has 0 aromatic heterocycles. The molecule has 1 unspecified atom stereocenters. The molecule has 0 aliphatic carbocycles. The summed E-state index contributed by atoms with van der Waals surface area (Å²) in [5.74, 6) is -0.840. The van der Waals surface area contributed by atoms with Gasteiger partial charge in [-0.3, -0.25) is 0 Å². The minimum atomic E-state index is -3.04. The molecular formula is C14H13BrF2N2O4. The fraction of sp³-hybridized carbons (Fsp3) is 0.286. The first kappa shape index (κ1) is 17.2. The molecule has 0 saturated carbocycles. The molecule has 1 aromatic carbocycles. The molecular weight excluding hydrogens is 378 g/mol. The molecule has 0 fully saturated rings. The van der Waals surface area contributed by atoms with Crippen LogP contribution in [0, 0.1) is 0 Å². The van der Waals surface area contributed by atoms with Crippen LogP contribution in [0.2, 0.25) is 0 Å². The largest absolute Gasteiger partial charge is 0.466 e.